The molecule has 0 atom stereocenters. The number of halogens is 2. The lowest BCUT2D eigenvalue weighted by Gasteiger charge is -2.05. The van der Waals surface area contributed by atoms with E-state index in [0.29, 0.717) is 27.8 Å². The zero-order valence-corrected chi connectivity index (χ0v) is 14.6. The van der Waals surface area contributed by atoms with Crippen LogP contribution in [0.2, 0.25) is 0 Å². The number of rotatable bonds is 3. The molecule has 0 unspecified atom stereocenters. The standard InChI is InChI=1S/C20H12F2N4O3/c21-20(22)28-15-8-2-6-13(17(15)29-20)18-25-14-7-1-5-12(16(14)26-18)19(27)24-11-4-3-9-23-10-11/h1-10H,(H,24,27)(H,25,26). The van der Waals surface area contributed by atoms with Crippen LogP contribution >= 0.6 is 0 Å². The number of imidazole rings is 1. The number of anilines is 1. The summed E-state index contributed by atoms with van der Waals surface area (Å²) in [6.07, 6.45) is -0.609. The van der Waals surface area contributed by atoms with Crippen molar-refractivity contribution in [2.75, 3.05) is 5.32 Å². The van der Waals surface area contributed by atoms with Gasteiger partial charge >= 0.3 is 6.29 Å². The van der Waals surface area contributed by atoms with E-state index in [2.05, 4.69) is 29.7 Å². The van der Waals surface area contributed by atoms with Gasteiger partial charge < -0.3 is 19.8 Å². The van der Waals surface area contributed by atoms with Crippen LogP contribution in [0, 0.1) is 0 Å². The van der Waals surface area contributed by atoms with Gasteiger partial charge in [0, 0.05) is 6.20 Å². The van der Waals surface area contributed by atoms with Gasteiger partial charge in [-0.3, -0.25) is 9.78 Å². The summed E-state index contributed by atoms with van der Waals surface area (Å²) in [4.78, 5) is 24.2. The predicted octanol–water partition coefficient (Wildman–Crippen LogP) is 4.20. The monoisotopic (exact) mass is 394 g/mol. The molecule has 0 bridgehead atoms. The number of H-pyrrole nitrogens is 1. The number of ether oxygens (including phenoxy) is 2. The third-order valence-electron chi connectivity index (χ3n) is 4.36. The van der Waals surface area contributed by atoms with Crippen molar-refractivity contribution in [1.29, 1.82) is 0 Å². The topological polar surface area (TPSA) is 89.1 Å². The molecule has 2 aromatic heterocycles. The van der Waals surface area contributed by atoms with Crippen molar-refractivity contribution in [1.82, 2.24) is 15.0 Å². The Labute approximate surface area is 162 Å². The first-order chi connectivity index (χ1) is 14.0. The maximum Gasteiger partial charge on any atom is 0.586 e. The molecule has 29 heavy (non-hydrogen) atoms. The first kappa shape index (κ1) is 17.1. The molecular formula is C20H12F2N4O3. The summed E-state index contributed by atoms with van der Waals surface area (Å²) in [7, 11) is 0. The van der Waals surface area contributed by atoms with Crippen molar-refractivity contribution in [2.45, 2.75) is 6.29 Å². The first-order valence-corrected chi connectivity index (χ1v) is 8.59. The number of aromatic amines is 1. The average Bonchev–Trinajstić information content (AvgIpc) is 3.27. The van der Waals surface area contributed by atoms with Crippen molar-refractivity contribution < 1.29 is 23.0 Å². The summed E-state index contributed by atoms with van der Waals surface area (Å²) in [5, 5.41) is 2.75. The molecule has 0 saturated carbocycles. The average molecular weight is 394 g/mol. The fraction of sp³-hybridized carbons (Fsp3) is 0.0500. The number of alkyl halides is 2. The van der Waals surface area contributed by atoms with Gasteiger partial charge in [0.2, 0.25) is 0 Å². The lowest BCUT2D eigenvalue weighted by molar-refractivity contribution is -0.286. The predicted molar refractivity (Wildman–Crippen MR) is 99.9 cm³/mol. The maximum absolute atomic E-state index is 13.5. The highest BCUT2D eigenvalue weighted by molar-refractivity contribution is 6.11. The van der Waals surface area contributed by atoms with Gasteiger partial charge in [0.15, 0.2) is 11.5 Å². The number of hydrogen-bond acceptors (Lipinski definition) is 5. The zero-order valence-electron chi connectivity index (χ0n) is 14.6. The number of benzene rings is 2. The van der Waals surface area contributed by atoms with Crippen LogP contribution in [0.15, 0.2) is 60.9 Å². The second kappa shape index (κ2) is 6.26. The molecule has 9 heteroatoms. The minimum absolute atomic E-state index is 0.0810. The Morgan fingerprint density at radius 1 is 1.07 bits per heavy atom. The number of nitrogens with one attached hydrogen (secondary N) is 2. The van der Waals surface area contributed by atoms with Gasteiger partial charge in [-0.15, -0.1) is 8.78 Å². The van der Waals surface area contributed by atoms with Gasteiger partial charge in [0.25, 0.3) is 5.91 Å². The quantitative estimate of drug-likeness (QED) is 0.544. The molecule has 1 amide bonds. The second-order valence-electron chi connectivity index (χ2n) is 6.28. The summed E-state index contributed by atoms with van der Waals surface area (Å²) in [6, 6.07) is 13.0. The number of pyridine rings is 1. The summed E-state index contributed by atoms with van der Waals surface area (Å²) < 4.78 is 36.1. The molecule has 7 nitrogen and oxygen atoms in total. The number of nitrogens with zero attached hydrogens (tertiary/aromatic N) is 2. The highest BCUT2D eigenvalue weighted by Crippen LogP contribution is 2.46. The van der Waals surface area contributed by atoms with E-state index in [1.165, 1.54) is 12.3 Å². The van der Waals surface area contributed by atoms with E-state index < -0.39 is 6.29 Å². The molecule has 5 rings (SSSR count). The van der Waals surface area contributed by atoms with Crippen molar-refractivity contribution in [3.05, 3.63) is 66.5 Å². The largest absolute Gasteiger partial charge is 0.586 e. The molecule has 0 aliphatic carbocycles. The number of carbonyl (C=O) groups excluding carboxylic acids is 1. The van der Waals surface area contributed by atoms with E-state index in [1.807, 2.05) is 0 Å². The zero-order chi connectivity index (χ0) is 20.0. The number of aromatic nitrogens is 3. The SMILES string of the molecule is O=C(Nc1cccnc1)c1cccc2[nH]c(-c3cccc4c3OC(F)(F)O4)nc12. The number of amides is 1. The molecule has 1 aliphatic rings. The van der Waals surface area contributed by atoms with Crippen molar-refractivity contribution in [2.24, 2.45) is 0 Å². The van der Waals surface area contributed by atoms with E-state index in [9.17, 15) is 13.6 Å². The Bertz CT molecular complexity index is 1240. The molecule has 144 valence electrons. The van der Waals surface area contributed by atoms with Crippen molar-refractivity contribution in [3.8, 4) is 22.9 Å². The molecule has 0 spiro atoms. The van der Waals surface area contributed by atoms with Crippen LogP contribution in [0.3, 0.4) is 0 Å². The summed E-state index contributed by atoms with van der Waals surface area (Å²) in [6.45, 7) is 0. The Balaban J connectivity index is 1.56. The summed E-state index contributed by atoms with van der Waals surface area (Å²) in [5.74, 6) is -0.286. The Morgan fingerprint density at radius 2 is 1.93 bits per heavy atom. The molecule has 0 radical (unpaired) electrons. The van der Waals surface area contributed by atoms with Gasteiger partial charge in [0.1, 0.15) is 11.3 Å². The van der Waals surface area contributed by atoms with Crippen molar-refractivity contribution in [3.63, 3.8) is 0 Å². The van der Waals surface area contributed by atoms with Gasteiger partial charge in [0.05, 0.1) is 28.5 Å². The molecule has 2 aromatic carbocycles. The minimum Gasteiger partial charge on any atom is -0.395 e. The number of hydrogen-bond donors (Lipinski definition) is 2. The lowest BCUT2D eigenvalue weighted by Crippen LogP contribution is -2.26. The summed E-state index contributed by atoms with van der Waals surface area (Å²) >= 11 is 0. The van der Waals surface area contributed by atoms with Crippen LogP contribution in [0.4, 0.5) is 14.5 Å². The maximum atomic E-state index is 13.5. The highest BCUT2D eigenvalue weighted by Gasteiger charge is 2.44. The third kappa shape index (κ3) is 3.02. The van der Waals surface area contributed by atoms with Gasteiger partial charge in [-0.2, -0.15) is 0 Å². The van der Waals surface area contributed by atoms with Crippen LogP contribution in [0.1, 0.15) is 10.4 Å². The van der Waals surface area contributed by atoms with E-state index >= 15 is 0 Å². The molecule has 2 N–H and O–H groups in total. The van der Waals surface area contributed by atoms with Crippen LogP contribution in [-0.4, -0.2) is 27.2 Å². The lowest BCUT2D eigenvalue weighted by atomic mass is 10.1. The van der Waals surface area contributed by atoms with Gasteiger partial charge in [-0.1, -0.05) is 12.1 Å². The second-order valence-corrected chi connectivity index (χ2v) is 6.28. The van der Waals surface area contributed by atoms with Crippen LogP contribution in [0.5, 0.6) is 11.5 Å². The van der Waals surface area contributed by atoms with Crippen molar-refractivity contribution >= 4 is 22.6 Å². The fourth-order valence-corrected chi connectivity index (χ4v) is 3.13. The molecule has 0 saturated heterocycles. The van der Waals surface area contributed by atoms with E-state index in [4.69, 9.17) is 0 Å². The molecule has 4 aromatic rings. The Hall–Kier alpha value is -4.01. The third-order valence-corrected chi connectivity index (χ3v) is 4.36. The van der Waals surface area contributed by atoms with Gasteiger partial charge in [-0.25, -0.2) is 4.98 Å². The Morgan fingerprint density at radius 3 is 2.76 bits per heavy atom. The summed E-state index contributed by atoms with van der Waals surface area (Å²) in [5.41, 5.74) is 2.13. The molecule has 1 aliphatic heterocycles. The number of carbonyl (C=O) groups is 1. The first-order valence-electron chi connectivity index (χ1n) is 8.59. The fourth-order valence-electron chi connectivity index (χ4n) is 3.13. The molecular weight excluding hydrogens is 382 g/mol. The smallest absolute Gasteiger partial charge is 0.395 e. The molecule has 3 heterocycles. The van der Waals surface area contributed by atoms with E-state index in [-0.39, 0.29) is 23.2 Å². The van der Waals surface area contributed by atoms with E-state index in [1.54, 1.807) is 48.7 Å². The highest BCUT2D eigenvalue weighted by atomic mass is 19.3. The molecule has 0 fully saturated rings. The minimum atomic E-state index is -3.74. The normalized spacial score (nSPS) is 14.1. The van der Waals surface area contributed by atoms with Crippen LogP contribution in [-0.2, 0) is 0 Å². The van der Waals surface area contributed by atoms with Crippen LogP contribution in [0.25, 0.3) is 22.4 Å². The van der Waals surface area contributed by atoms with Gasteiger partial charge in [-0.05, 0) is 36.4 Å². The van der Waals surface area contributed by atoms with E-state index in [0.717, 1.165) is 0 Å². The number of fused-ring (bicyclic) bond motifs is 2. The Kier molecular flexibility index (Phi) is 3.70. The number of para-hydroxylation sites is 2. The van der Waals surface area contributed by atoms with Crippen LogP contribution < -0.4 is 14.8 Å².